The molecule has 1 aliphatic rings. The molecule has 0 atom stereocenters. The van der Waals surface area contributed by atoms with Gasteiger partial charge in [-0.15, -0.1) is 0 Å². The second-order valence-corrected chi connectivity index (χ2v) is 8.74. The largest absolute Gasteiger partial charge is 0.363 e. The molecule has 0 spiro atoms. The van der Waals surface area contributed by atoms with Crippen LogP contribution >= 0.6 is 0 Å². The summed E-state index contributed by atoms with van der Waals surface area (Å²) >= 11 is 0. The minimum atomic E-state index is -0.326. The van der Waals surface area contributed by atoms with Gasteiger partial charge in [0.05, 0.1) is 23.8 Å². The summed E-state index contributed by atoms with van der Waals surface area (Å²) in [5.74, 6) is 1.35. The van der Waals surface area contributed by atoms with Crippen molar-refractivity contribution in [3.05, 3.63) is 71.9 Å². The van der Waals surface area contributed by atoms with Crippen molar-refractivity contribution in [2.24, 2.45) is 5.92 Å². The standard InChI is InChI=1S/C25H26N8O2/c1-4-22(34)28-17-6-5-7-19(12-17)33-23-20(32(25(33)35)15-16-8-9-16)14-27-24(30-23)29-18-10-11-21(26-13-18)31(2)3/h4-7,10-14,16H,1,8-9,15H2,2-3H3,(H,28,34)(H,27,29,30). The van der Waals surface area contributed by atoms with E-state index in [9.17, 15) is 9.59 Å². The predicted molar refractivity (Wildman–Crippen MR) is 137 cm³/mol. The monoisotopic (exact) mass is 470 g/mol. The van der Waals surface area contributed by atoms with Gasteiger partial charge in [-0.25, -0.2) is 19.3 Å². The molecule has 1 aromatic carbocycles. The Balaban J connectivity index is 1.57. The van der Waals surface area contributed by atoms with Gasteiger partial charge >= 0.3 is 5.69 Å². The van der Waals surface area contributed by atoms with E-state index in [2.05, 4.69) is 27.2 Å². The number of pyridine rings is 1. The summed E-state index contributed by atoms with van der Waals surface area (Å²) in [6.45, 7) is 4.11. The Morgan fingerprint density at radius 1 is 1.17 bits per heavy atom. The van der Waals surface area contributed by atoms with Crippen LogP contribution in [0, 0.1) is 5.92 Å². The van der Waals surface area contributed by atoms with Crippen molar-refractivity contribution in [3.63, 3.8) is 0 Å². The molecule has 3 heterocycles. The van der Waals surface area contributed by atoms with Gasteiger partial charge in [-0.05, 0) is 55.2 Å². The Labute approximate surface area is 202 Å². The first-order valence-corrected chi connectivity index (χ1v) is 11.4. The molecule has 10 heteroatoms. The molecule has 0 saturated heterocycles. The molecule has 0 radical (unpaired) electrons. The number of carbonyl (C=O) groups is 1. The third-order valence-electron chi connectivity index (χ3n) is 5.83. The highest BCUT2D eigenvalue weighted by Crippen LogP contribution is 2.31. The highest BCUT2D eigenvalue weighted by atomic mass is 16.2. The Morgan fingerprint density at radius 3 is 2.69 bits per heavy atom. The number of hydrogen-bond acceptors (Lipinski definition) is 7. The molecule has 1 saturated carbocycles. The van der Waals surface area contributed by atoms with E-state index in [1.165, 1.54) is 6.08 Å². The van der Waals surface area contributed by atoms with Crippen LogP contribution in [0.5, 0.6) is 0 Å². The molecular weight excluding hydrogens is 444 g/mol. The minimum Gasteiger partial charge on any atom is -0.363 e. The Morgan fingerprint density at radius 2 is 2.00 bits per heavy atom. The van der Waals surface area contributed by atoms with Gasteiger partial charge in [0.25, 0.3) is 0 Å². The molecule has 1 fully saturated rings. The van der Waals surface area contributed by atoms with Gasteiger partial charge in [0, 0.05) is 26.3 Å². The molecule has 0 bridgehead atoms. The van der Waals surface area contributed by atoms with E-state index in [4.69, 9.17) is 4.98 Å². The third kappa shape index (κ3) is 4.63. The zero-order valence-electron chi connectivity index (χ0n) is 19.6. The van der Waals surface area contributed by atoms with Gasteiger partial charge in [0.1, 0.15) is 11.3 Å². The van der Waals surface area contributed by atoms with Crippen LogP contribution in [0.15, 0.2) is 66.2 Å². The molecular formula is C25H26N8O2. The number of imidazole rings is 1. The average molecular weight is 471 g/mol. The fourth-order valence-corrected chi connectivity index (χ4v) is 3.83. The maximum absolute atomic E-state index is 13.5. The molecule has 5 rings (SSSR count). The Hall–Kier alpha value is -4.47. The summed E-state index contributed by atoms with van der Waals surface area (Å²) < 4.78 is 3.29. The van der Waals surface area contributed by atoms with Crippen molar-refractivity contribution in [2.75, 3.05) is 29.6 Å². The first-order valence-electron chi connectivity index (χ1n) is 11.4. The topological polar surface area (TPSA) is 110 Å². The lowest BCUT2D eigenvalue weighted by Gasteiger charge is -2.11. The maximum atomic E-state index is 13.5. The SMILES string of the molecule is C=CC(=O)Nc1cccc(-n2c(=O)n(CC3CC3)c3cnc(Nc4ccc(N(C)C)nc4)nc32)c1. The van der Waals surface area contributed by atoms with Gasteiger partial charge in [-0.3, -0.25) is 9.36 Å². The summed E-state index contributed by atoms with van der Waals surface area (Å²) in [5, 5.41) is 5.91. The lowest BCUT2D eigenvalue weighted by molar-refractivity contribution is -0.111. The molecule has 35 heavy (non-hydrogen) atoms. The summed E-state index contributed by atoms with van der Waals surface area (Å²) in [6, 6.07) is 10.9. The number of aromatic nitrogens is 5. The van der Waals surface area contributed by atoms with Crippen LogP contribution in [0.2, 0.25) is 0 Å². The number of nitrogens with zero attached hydrogens (tertiary/aromatic N) is 6. The van der Waals surface area contributed by atoms with E-state index in [1.807, 2.05) is 37.2 Å². The van der Waals surface area contributed by atoms with Crippen LogP contribution in [0.3, 0.4) is 0 Å². The van der Waals surface area contributed by atoms with Gasteiger partial charge in [-0.1, -0.05) is 12.6 Å². The summed E-state index contributed by atoms with van der Waals surface area (Å²) in [7, 11) is 3.85. The van der Waals surface area contributed by atoms with E-state index >= 15 is 0 Å². The van der Waals surface area contributed by atoms with Crippen LogP contribution in [-0.4, -0.2) is 44.1 Å². The Kier molecular flexibility index (Phi) is 5.77. The summed E-state index contributed by atoms with van der Waals surface area (Å²) in [6.07, 6.45) is 6.80. The lowest BCUT2D eigenvalue weighted by Crippen LogP contribution is -2.24. The molecule has 10 nitrogen and oxygen atoms in total. The van der Waals surface area contributed by atoms with Crippen LogP contribution in [0.1, 0.15) is 12.8 Å². The van der Waals surface area contributed by atoms with E-state index in [0.29, 0.717) is 40.9 Å². The van der Waals surface area contributed by atoms with Crippen LogP contribution < -0.4 is 21.2 Å². The normalized spacial score (nSPS) is 13.0. The molecule has 4 aromatic rings. The van der Waals surface area contributed by atoms with Crippen molar-refractivity contribution in [1.29, 1.82) is 0 Å². The van der Waals surface area contributed by atoms with E-state index in [1.54, 1.807) is 39.7 Å². The zero-order valence-corrected chi connectivity index (χ0v) is 19.6. The number of amides is 1. The number of fused-ring (bicyclic) bond motifs is 1. The number of carbonyl (C=O) groups excluding carboxylic acids is 1. The first-order chi connectivity index (χ1) is 16.9. The fraction of sp³-hybridized carbons (Fsp3) is 0.240. The van der Waals surface area contributed by atoms with Crippen LogP contribution in [0.4, 0.5) is 23.1 Å². The van der Waals surface area contributed by atoms with Crippen molar-refractivity contribution in [1.82, 2.24) is 24.1 Å². The van der Waals surface area contributed by atoms with Crippen molar-refractivity contribution in [3.8, 4) is 5.69 Å². The second-order valence-electron chi connectivity index (χ2n) is 8.74. The molecule has 0 unspecified atom stereocenters. The van der Waals surface area contributed by atoms with Gasteiger partial charge in [0.15, 0.2) is 5.65 Å². The lowest BCUT2D eigenvalue weighted by atomic mass is 10.2. The van der Waals surface area contributed by atoms with E-state index in [0.717, 1.165) is 24.3 Å². The maximum Gasteiger partial charge on any atom is 0.335 e. The summed E-state index contributed by atoms with van der Waals surface area (Å²) in [4.78, 5) is 40.8. The molecule has 1 aliphatic carbocycles. The number of anilines is 4. The van der Waals surface area contributed by atoms with Crippen molar-refractivity contribution < 1.29 is 4.79 Å². The molecule has 1 amide bonds. The highest BCUT2D eigenvalue weighted by Gasteiger charge is 2.26. The van der Waals surface area contributed by atoms with Crippen molar-refractivity contribution >= 4 is 40.2 Å². The second kappa shape index (κ2) is 9.05. The van der Waals surface area contributed by atoms with Gasteiger partial charge in [0.2, 0.25) is 11.9 Å². The smallest absolute Gasteiger partial charge is 0.335 e. The average Bonchev–Trinajstić information content (AvgIpc) is 3.63. The summed E-state index contributed by atoms with van der Waals surface area (Å²) in [5.41, 5.74) is 2.84. The molecule has 2 N–H and O–H groups in total. The minimum absolute atomic E-state index is 0.192. The number of hydrogen-bond donors (Lipinski definition) is 2. The third-order valence-corrected chi connectivity index (χ3v) is 5.83. The zero-order chi connectivity index (χ0) is 24.5. The van der Waals surface area contributed by atoms with Crippen LogP contribution in [-0.2, 0) is 11.3 Å². The predicted octanol–water partition coefficient (Wildman–Crippen LogP) is 3.32. The first kappa shape index (κ1) is 22.3. The van der Waals surface area contributed by atoms with Gasteiger partial charge < -0.3 is 15.5 Å². The fourth-order valence-electron chi connectivity index (χ4n) is 3.83. The van der Waals surface area contributed by atoms with Crippen molar-refractivity contribution in [2.45, 2.75) is 19.4 Å². The quantitative estimate of drug-likeness (QED) is 0.380. The van der Waals surface area contributed by atoms with E-state index < -0.39 is 0 Å². The molecule has 0 aliphatic heterocycles. The Bertz CT molecular complexity index is 1470. The van der Waals surface area contributed by atoms with Crippen LogP contribution in [0.25, 0.3) is 16.9 Å². The number of benzene rings is 1. The van der Waals surface area contributed by atoms with Gasteiger partial charge in [-0.2, -0.15) is 4.98 Å². The molecule has 3 aromatic heterocycles. The van der Waals surface area contributed by atoms with E-state index in [-0.39, 0.29) is 11.6 Å². The highest BCUT2D eigenvalue weighted by molar-refractivity contribution is 5.99. The number of rotatable bonds is 8. The molecule has 178 valence electrons. The number of nitrogens with one attached hydrogen (secondary N) is 2.